The van der Waals surface area contributed by atoms with Gasteiger partial charge in [0.05, 0.1) is 14.2 Å². The average Bonchev–Trinajstić information content (AvgIpc) is 2.57. The van der Waals surface area contributed by atoms with Gasteiger partial charge in [0.2, 0.25) is 0 Å². The van der Waals surface area contributed by atoms with Gasteiger partial charge in [0, 0.05) is 19.3 Å². The molecule has 3 unspecified atom stereocenters. The average molecular weight is 354 g/mol. The number of ether oxygens (including phenoxy) is 2. The van der Waals surface area contributed by atoms with Crippen LogP contribution in [0.5, 0.6) is 0 Å². The molecular weight excluding hydrogens is 328 g/mol. The Morgan fingerprint density at radius 2 is 1.72 bits per heavy atom. The number of carbonyl (C=O) groups is 5. The topological polar surface area (TPSA) is 104 Å². The quantitative estimate of drug-likeness (QED) is 0.352. The van der Waals surface area contributed by atoms with Crippen LogP contribution in [0.2, 0.25) is 0 Å². The van der Waals surface area contributed by atoms with Crippen LogP contribution >= 0.6 is 0 Å². The second kappa shape index (κ2) is 10.1. The number of carbonyl (C=O) groups excluding carboxylic acids is 5. The lowest BCUT2D eigenvalue weighted by atomic mass is 9.69. The summed E-state index contributed by atoms with van der Waals surface area (Å²) in [5.74, 6) is -5.43. The molecule has 0 amide bonds. The second-order valence-electron chi connectivity index (χ2n) is 6.30. The number of esters is 2. The summed E-state index contributed by atoms with van der Waals surface area (Å²) in [5.41, 5.74) is 0. The van der Waals surface area contributed by atoms with Crippen molar-refractivity contribution in [2.24, 2.45) is 17.8 Å². The summed E-state index contributed by atoms with van der Waals surface area (Å²) >= 11 is 0. The highest BCUT2D eigenvalue weighted by Gasteiger charge is 2.49. The van der Waals surface area contributed by atoms with E-state index in [0.717, 1.165) is 0 Å². The van der Waals surface area contributed by atoms with E-state index in [0.29, 0.717) is 25.7 Å². The van der Waals surface area contributed by atoms with E-state index in [1.165, 1.54) is 14.2 Å². The summed E-state index contributed by atoms with van der Waals surface area (Å²) in [6, 6.07) is 0. The Kier molecular flexibility index (Phi) is 8.45. The van der Waals surface area contributed by atoms with Crippen molar-refractivity contribution in [2.75, 3.05) is 14.2 Å². The highest BCUT2D eigenvalue weighted by Crippen LogP contribution is 2.34. The molecule has 0 aliphatic heterocycles. The Balaban J connectivity index is 2.82. The van der Waals surface area contributed by atoms with Crippen LogP contribution in [0, 0.1) is 17.8 Å². The van der Waals surface area contributed by atoms with Crippen molar-refractivity contribution < 1.29 is 33.4 Å². The molecule has 0 aromatic rings. The van der Waals surface area contributed by atoms with Gasteiger partial charge in [-0.2, -0.15) is 0 Å². The summed E-state index contributed by atoms with van der Waals surface area (Å²) in [4.78, 5) is 60.2. The van der Waals surface area contributed by atoms with Crippen molar-refractivity contribution in [2.45, 2.75) is 51.9 Å². The molecule has 140 valence electrons. The van der Waals surface area contributed by atoms with Gasteiger partial charge in [-0.15, -0.1) is 0 Å². The van der Waals surface area contributed by atoms with E-state index in [4.69, 9.17) is 4.74 Å². The molecule has 0 heterocycles. The van der Waals surface area contributed by atoms with E-state index in [1.54, 1.807) is 6.92 Å². The molecule has 0 N–H and O–H groups in total. The van der Waals surface area contributed by atoms with Gasteiger partial charge >= 0.3 is 11.9 Å². The van der Waals surface area contributed by atoms with E-state index in [-0.39, 0.29) is 25.2 Å². The predicted molar refractivity (Wildman–Crippen MR) is 87.5 cm³/mol. The summed E-state index contributed by atoms with van der Waals surface area (Å²) in [6.45, 7) is 1.79. The molecule has 1 aliphatic rings. The summed E-state index contributed by atoms with van der Waals surface area (Å²) in [6.07, 6.45) is 2.47. The Bertz CT molecular complexity index is 538. The van der Waals surface area contributed by atoms with Crippen molar-refractivity contribution in [1.29, 1.82) is 0 Å². The Hall–Kier alpha value is -2.05. The highest BCUT2D eigenvalue weighted by atomic mass is 16.5. The molecule has 0 spiro atoms. The zero-order chi connectivity index (χ0) is 19.0. The molecule has 0 aromatic heterocycles. The lowest BCUT2D eigenvalue weighted by Crippen LogP contribution is -2.48. The van der Waals surface area contributed by atoms with Crippen LogP contribution < -0.4 is 0 Å². The largest absolute Gasteiger partial charge is 0.469 e. The summed E-state index contributed by atoms with van der Waals surface area (Å²) in [5, 5.41) is 0. The number of hydrogen-bond acceptors (Lipinski definition) is 7. The van der Waals surface area contributed by atoms with Crippen LogP contribution in [0.25, 0.3) is 0 Å². The minimum Gasteiger partial charge on any atom is -0.469 e. The molecule has 1 saturated carbocycles. The minimum absolute atomic E-state index is 0.00382. The van der Waals surface area contributed by atoms with Gasteiger partial charge in [-0.1, -0.05) is 13.3 Å². The maximum atomic E-state index is 12.6. The number of rotatable bonds is 9. The molecule has 0 bridgehead atoms. The van der Waals surface area contributed by atoms with Gasteiger partial charge in [0.1, 0.15) is 11.8 Å². The lowest BCUT2D eigenvalue weighted by Gasteiger charge is -2.31. The fraction of sp³-hybridized carbons (Fsp3) is 0.722. The first-order chi connectivity index (χ1) is 11.9. The van der Waals surface area contributed by atoms with Gasteiger partial charge in [0.15, 0.2) is 17.3 Å². The number of methoxy groups -OCH3 is 2. The van der Waals surface area contributed by atoms with Crippen LogP contribution in [0.15, 0.2) is 0 Å². The summed E-state index contributed by atoms with van der Waals surface area (Å²) in [7, 11) is 2.49. The molecule has 25 heavy (non-hydrogen) atoms. The molecule has 3 atom stereocenters. The van der Waals surface area contributed by atoms with Gasteiger partial charge < -0.3 is 9.47 Å². The summed E-state index contributed by atoms with van der Waals surface area (Å²) < 4.78 is 9.28. The van der Waals surface area contributed by atoms with Crippen LogP contribution in [-0.4, -0.2) is 43.5 Å². The fourth-order valence-electron chi connectivity index (χ4n) is 3.28. The Labute approximate surface area is 147 Å². The van der Waals surface area contributed by atoms with E-state index in [1.807, 2.05) is 0 Å². The molecule has 0 aromatic carbocycles. The third-order valence-electron chi connectivity index (χ3n) is 4.55. The molecule has 1 aliphatic carbocycles. The Morgan fingerprint density at radius 1 is 1.04 bits per heavy atom. The van der Waals surface area contributed by atoms with Gasteiger partial charge in [0.25, 0.3) is 0 Å². The van der Waals surface area contributed by atoms with E-state index < -0.39 is 41.1 Å². The molecular formula is C18H26O7. The van der Waals surface area contributed by atoms with Crippen molar-refractivity contribution in [3.8, 4) is 0 Å². The first kappa shape index (κ1) is 21.0. The van der Waals surface area contributed by atoms with E-state index in [9.17, 15) is 24.0 Å². The number of ketones is 3. The van der Waals surface area contributed by atoms with Crippen molar-refractivity contribution in [1.82, 2.24) is 0 Å². The zero-order valence-corrected chi connectivity index (χ0v) is 15.0. The standard InChI is InChI=1S/C18H26O7/c1-4-7-12(19)16-13(20)10-11(8-5-6-9-14(21)24-2)15(17(16)22)18(23)25-3/h11,15-16H,4-10H2,1-3H3. The van der Waals surface area contributed by atoms with Crippen LogP contribution in [-0.2, 0) is 33.4 Å². The van der Waals surface area contributed by atoms with E-state index >= 15 is 0 Å². The molecule has 7 heteroatoms. The van der Waals surface area contributed by atoms with Gasteiger partial charge in [-0.25, -0.2) is 0 Å². The third kappa shape index (κ3) is 5.47. The molecule has 0 saturated heterocycles. The molecule has 7 nitrogen and oxygen atoms in total. The van der Waals surface area contributed by atoms with E-state index in [2.05, 4.69) is 4.74 Å². The number of Topliss-reactive ketones (excluding diaryl/α,β-unsaturated/α-hetero) is 3. The van der Waals surface area contributed by atoms with Crippen molar-refractivity contribution in [3.63, 3.8) is 0 Å². The highest BCUT2D eigenvalue weighted by molar-refractivity contribution is 6.24. The first-order valence-electron chi connectivity index (χ1n) is 8.61. The monoisotopic (exact) mass is 354 g/mol. The molecule has 0 radical (unpaired) electrons. The fourth-order valence-corrected chi connectivity index (χ4v) is 3.28. The van der Waals surface area contributed by atoms with Gasteiger partial charge in [-0.05, 0) is 25.2 Å². The predicted octanol–water partition coefficient (Wildman–Crippen LogP) is 1.65. The van der Waals surface area contributed by atoms with Crippen LogP contribution in [0.3, 0.4) is 0 Å². The van der Waals surface area contributed by atoms with Crippen LogP contribution in [0.4, 0.5) is 0 Å². The van der Waals surface area contributed by atoms with Crippen molar-refractivity contribution in [3.05, 3.63) is 0 Å². The minimum atomic E-state index is -1.34. The maximum Gasteiger partial charge on any atom is 0.316 e. The second-order valence-corrected chi connectivity index (χ2v) is 6.30. The maximum absolute atomic E-state index is 12.6. The smallest absolute Gasteiger partial charge is 0.316 e. The van der Waals surface area contributed by atoms with Crippen molar-refractivity contribution >= 4 is 29.3 Å². The lowest BCUT2D eigenvalue weighted by molar-refractivity contribution is -0.158. The number of hydrogen-bond donors (Lipinski definition) is 0. The molecule has 1 fully saturated rings. The van der Waals surface area contributed by atoms with Crippen LogP contribution in [0.1, 0.15) is 51.9 Å². The first-order valence-corrected chi connectivity index (χ1v) is 8.61. The zero-order valence-electron chi connectivity index (χ0n) is 15.0. The third-order valence-corrected chi connectivity index (χ3v) is 4.55. The SMILES string of the molecule is CCCC(=O)C1C(=O)CC(CCCCC(=O)OC)C(C(=O)OC)C1=O. The normalized spacial score (nSPS) is 23.2. The molecule has 1 rings (SSSR count). The number of unbranched alkanes of at least 4 members (excludes halogenated alkanes) is 1. The van der Waals surface area contributed by atoms with Gasteiger partial charge in [-0.3, -0.25) is 24.0 Å². The Morgan fingerprint density at radius 3 is 2.28 bits per heavy atom.